The van der Waals surface area contributed by atoms with Gasteiger partial charge in [0.05, 0.1) is 5.02 Å². The first-order chi connectivity index (χ1) is 7.16. The maximum atomic E-state index is 5.82. The van der Waals surface area contributed by atoms with Crippen molar-refractivity contribution >= 4 is 17.4 Å². The molecule has 2 rings (SSSR count). The van der Waals surface area contributed by atoms with Gasteiger partial charge < -0.3 is 4.90 Å². The summed E-state index contributed by atoms with van der Waals surface area (Å²) >= 11 is 5.82. The van der Waals surface area contributed by atoms with Crippen LogP contribution in [0.5, 0.6) is 0 Å². The molecule has 1 saturated heterocycles. The summed E-state index contributed by atoms with van der Waals surface area (Å²) in [4.78, 5) is 6.70. The topological polar surface area (TPSA) is 16.1 Å². The van der Waals surface area contributed by atoms with Crippen molar-refractivity contribution in [3.8, 4) is 0 Å². The predicted octanol–water partition coefficient (Wildman–Crippen LogP) is 3.22. The van der Waals surface area contributed by atoms with Gasteiger partial charge in [-0.25, -0.2) is 4.98 Å². The van der Waals surface area contributed by atoms with Crippen LogP contribution in [0.1, 0.15) is 20.3 Å². The molecule has 3 heteroatoms. The van der Waals surface area contributed by atoms with Crippen LogP contribution in [0.15, 0.2) is 18.3 Å². The van der Waals surface area contributed by atoms with Gasteiger partial charge in [-0.05, 0) is 30.4 Å². The first kappa shape index (κ1) is 10.7. The minimum absolute atomic E-state index is 0.707. The summed E-state index contributed by atoms with van der Waals surface area (Å²) in [6.07, 6.45) is 3.00. The highest BCUT2D eigenvalue weighted by Crippen LogP contribution is 2.27. The summed E-state index contributed by atoms with van der Waals surface area (Å²) in [5.74, 6) is 2.63. The van der Waals surface area contributed by atoms with Crippen molar-refractivity contribution in [1.29, 1.82) is 0 Å². The molecular formula is C12H17ClN2. The van der Waals surface area contributed by atoms with E-state index < -0.39 is 0 Å². The second kappa shape index (κ2) is 4.40. The number of rotatable bonds is 2. The molecule has 0 aromatic carbocycles. The number of anilines is 1. The van der Waals surface area contributed by atoms with Gasteiger partial charge in [-0.1, -0.05) is 25.4 Å². The molecule has 0 spiro atoms. The fourth-order valence-electron chi connectivity index (χ4n) is 2.09. The van der Waals surface area contributed by atoms with Crippen LogP contribution in [0.25, 0.3) is 0 Å². The van der Waals surface area contributed by atoms with Gasteiger partial charge in [-0.15, -0.1) is 0 Å². The first-order valence-electron chi connectivity index (χ1n) is 5.53. The van der Waals surface area contributed by atoms with Crippen LogP contribution in [0.2, 0.25) is 5.02 Å². The van der Waals surface area contributed by atoms with Crippen LogP contribution in [-0.2, 0) is 0 Å². The van der Waals surface area contributed by atoms with E-state index >= 15 is 0 Å². The van der Waals surface area contributed by atoms with E-state index in [0.29, 0.717) is 5.02 Å². The van der Waals surface area contributed by atoms with E-state index in [2.05, 4.69) is 23.7 Å². The third kappa shape index (κ3) is 2.43. The SMILES string of the molecule is CC(C)C1CCN(c2ccc(Cl)cn2)C1. The number of hydrogen-bond donors (Lipinski definition) is 0. The number of pyridine rings is 1. The van der Waals surface area contributed by atoms with Gasteiger partial charge in [0.15, 0.2) is 0 Å². The molecule has 0 bridgehead atoms. The number of nitrogens with zero attached hydrogens (tertiary/aromatic N) is 2. The smallest absolute Gasteiger partial charge is 0.128 e. The Labute approximate surface area is 96.3 Å². The van der Waals surface area contributed by atoms with Crippen molar-refractivity contribution in [2.24, 2.45) is 11.8 Å². The Bertz CT molecular complexity index is 321. The van der Waals surface area contributed by atoms with E-state index in [1.807, 2.05) is 12.1 Å². The average molecular weight is 225 g/mol. The summed E-state index contributed by atoms with van der Waals surface area (Å²) in [7, 11) is 0. The molecule has 1 atom stereocenters. The molecular weight excluding hydrogens is 208 g/mol. The van der Waals surface area contributed by atoms with Crippen LogP contribution in [-0.4, -0.2) is 18.1 Å². The van der Waals surface area contributed by atoms with Crippen LogP contribution >= 0.6 is 11.6 Å². The molecule has 82 valence electrons. The standard InChI is InChI=1S/C12H17ClN2/c1-9(2)10-5-6-15(8-10)12-4-3-11(13)7-14-12/h3-4,7,9-10H,5-6,8H2,1-2H3. The van der Waals surface area contributed by atoms with Gasteiger partial charge in [0.25, 0.3) is 0 Å². The molecule has 0 N–H and O–H groups in total. The van der Waals surface area contributed by atoms with Gasteiger partial charge in [0.2, 0.25) is 0 Å². The summed E-state index contributed by atoms with van der Waals surface area (Å²) in [5, 5.41) is 0.707. The molecule has 0 amide bonds. The summed E-state index contributed by atoms with van der Waals surface area (Å²) in [6, 6.07) is 3.91. The van der Waals surface area contributed by atoms with Gasteiger partial charge in [0, 0.05) is 19.3 Å². The largest absolute Gasteiger partial charge is 0.356 e. The Kier molecular flexibility index (Phi) is 3.15. The van der Waals surface area contributed by atoms with Crippen molar-refractivity contribution in [1.82, 2.24) is 4.98 Å². The lowest BCUT2D eigenvalue weighted by molar-refractivity contribution is 0.422. The molecule has 1 unspecified atom stereocenters. The second-order valence-corrected chi connectivity index (χ2v) is 5.01. The molecule has 0 radical (unpaired) electrons. The number of hydrogen-bond acceptors (Lipinski definition) is 2. The van der Waals surface area contributed by atoms with E-state index in [0.717, 1.165) is 30.7 Å². The summed E-state index contributed by atoms with van der Waals surface area (Å²) in [5.41, 5.74) is 0. The van der Waals surface area contributed by atoms with Crippen LogP contribution < -0.4 is 4.90 Å². The minimum atomic E-state index is 0.707. The molecule has 2 heterocycles. The fraction of sp³-hybridized carbons (Fsp3) is 0.583. The van der Waals surface area contributed by atoms with E-state index in [1.54, 1.807) is 6.20 Å². The molecule has 1 aliphatic heterocycles. The molecule has 1 aromatic rings. The Hall–Kier alpha value is -0.760. The Morgan fingerprint density at radius 3 is 2.80 bits per heavy atom. The molecule has 1 fully saturated rings. The van der Waals surface area contributed by atoms with Crippen molar-refractivity contribution in [3.05, 3.63) is 23.4 Å². The Morgan fingerprint density at radius 1 is 1.47 bits per heavy atom. The highest BCUT2D eigenvalue weighted by atomic mass is 35.5. The van der Waals surface area contributed by atoms with Gasteiger partial charge in [0.1, 0.15) is 5.82 Å². The summed E-state index contributed by atoms with van der Waals surface area (Å²) < 4.78 is 0. The Morgan fingerprint density at radius 2 is 2.27 bits per heavy atom. The second-order valence-electron chi connectivity index (χ2n) is 4.57. The third-order valence-electron chi connectivity index (χ3n) is 3.20. The van der Waals surface area contributed by atoms with Gasteiger partial charge in [-0.2, -0.15) is 0 Å². The third-order valence-corrected chi connectivity index (χ3v) is 3.43. The molecule has 0 aliphatic carbocycles. The lowest BCUT2D eigenvalue weighted by Crippen LogP contribution is -2.21. The van der Waals surface area contributed by atoms with E-state index in [1.165, 1.54) is 6.42 Å². The quantitative estimate of drug-likeness (QED) is 0.767. The normalized spacial score (nSPS) is 21.3. The molecule has 1 aliphatic rings. The van der Waals surface area contributed by atoms with Crippen LogP contribution in [0, 0.1) is 11.8 Å². The van der Waals surface area contributed by atoms with Crippen molar-refractivity contribution < 1.29 is 0 Å². The van der Waals surface area contributed by atoms with E-state index in [9.17, 15) is 0 Å². The van der Waals surface area contributed by atoms with Gasteiger partial charge >= 0.3 is 0 Å². The lowest BCUT2D eigenvalue weighted by atomic mass is 9.95. The lowest BCUT2D eigenvalue weighted by Gasteiger charge is -2.18. The molecule has 15 heavy (non-hydrogen) atoms. The monoisotopic (exact) mass is 224 g/mol. The van der Waals surface area contributed by atoms with Crippen molar-refractivity contribution in [2.45, 2.75) is 20.3 Å². The predicted molar refractivity (Wildman–Crippen MR) is 64.4 cm³/mol. The zero-order valence-electron chi connectivity index (χ0n) is 9.28. The average Bonchev–Trinajstić information content (AvgIpc) is 2.68. The van der Waals surface area contributed by atoms with E-state index in [-0.39, 0.29) is 0 Å². The highest BCUT2D eigenvalue weighted by Gasteiger charge is 2.25. The van der Waals surface area contributed by atoms with Gasteiger partial charge in [-0.3, -0.25) is 0 Å². The zero-order chi connectivity index (χ0) is 10.8. The maximum Gasteiger partial charge on any atom is 0.128 e. The van der Waals surface area contributed by atoms with Crippen molar-refractivity contribution in [3.63, 3.8) is 0 Å². The minimum Gasteiger partial charge on any atom is -0.356 e. The van der Waals surface area contributed by atoms with Crippen molar-refractivity contribution in [2.75, 3.05) is 18.0 Å². The Balaban J connectivity index is 2.04. The van der Waals surface area contributed by atoms with Crippen LogP contribution in [0.3, 0.4) is 0 Å². The maximum absolute atomic E-state index is 5.82. The number of halogens is 1. The molecule has 0 saturated carbocycles. The zero-order valence-corrected chi connectivity index (χ0v) is 10.0. The summed E-state index contributed by atoms with van der Waals surface area (Å²) in [6.45, 7) is 6.84. The first-order valence-corrected chi connectivity index (χ1v) is 5.91. The van der Waals surface area contributed by atoms with Crippen LogP contribution in [0.4, 0.5) is 5.82 Å². The molecule has 2 nitrogen and oxygen atoms in total. The number of aromatic nitrogens is 1. The molecule has 1 aromatic heterocycles. The van der Waals surface area contributed by atoms with E-state index in [4.69, 9.17) is 11.6 Å². The highest BCUT2D eigenvalue weighted by molar-refractivity contribution is 6.30. The fourth-order valence-corrected chi connectivity index (χ4v) is 2.21.